The van der Waals surface area contributed by atoms with Gasteiger partial charge in [0.25, 0.3) is 0 Å². The third kappa shape index (κ3) is 4.91. The second kappa shape index (κ2) is 8.75. The molecule has 3 rings (SSSR count). The molecule has 8 heteroatoms. The number of aryl methyl sites for hydroxylation is 2. The number of piperidine rings is 2. The van der Waals surface area contributed by atoms with Gasteiger partial charge >= 0.3 is 0 Å². The largest absolute Gasteiger partial charge is 0.370 e. The molecule has 8 nitrogen and oxygen atoms in total. The van der Waals surface area contributed by atoms with Crippen LogP contribution in [0.4, 0.5) is 11.6 Å². The van der Waals surface area contributed by atoms with E-state index in [1.807, 2.05) is 13.8 Å². The molecule has 1 aromatic heterocycles. The Kier molecular flexibility index (Phi) is 6.36. The number of primary amides is 2. The predicted molar refractivity (Wildman–Crippen MR) is 109 cm³/mol. The van der Waals surface area contributed by atoms with E-state index in [0.29, 0.717) is 24.7 Å². The van der Waals surface area contributed by atoms with Crippen molar-refractivity contribution in [2.45, 2.75) is 52.4 Å². The fourth-order valence-corrected chi connectivity index (χ4v) is 4.27. The summed E-state index contributed by atoms with van der Waals surface area (Å²) < 4.78 is 0. The van der Waals surface area contributed by atoms with Crippen molar-refractivity contribution in [2.24, 2.45) is 23.3 Å². The van der Waals surface area contributed by atoms with Crippen LogP contribution in [0.1, 0.15) is 49.9 Å². The first-order chi connectivity index (χ1) is 13.3. The van der Waals surface area contributed by atoms with Gasteiger partial charge in [0, 0.05) is 39.0 Å². The summed E-state index contributed by atoms with van der Waals surface area (Å²) in [6.45, 7) is 7.43. The average molecular weight is 389 g/mol. The third-order valence-electron chi connectivity index (χ3n) is 6.08. The minimum Gasteiger partial charge on any atom is -0.370 e. The SMILES string of the molecule is Cc1nc(N2CCC(CC(N)=O)CC2)c(N2CCC(CC(N)=O)CC2)nc1C. The highest BCUT2D eigenvalue weighted by Gasteiger charge is 2.28. The summed E-state index contributed by atoms with van der Waals surface area (Å²) in [5.41, 5.74) is 12.6. The summed E-state index contributed by atoms with van der Waals surface area (Å²) in [5.74, 6) is 2.17. The first kappa shape index (κ1) is 20.4. The number of nitrogens with zero attached hydrogens (tertiary/aromatic N) is 4. The lowest BCUT2D eigenvalue weighted by Gasteiger charge is -2.37. The highest BCUT2D eigenvalue weighted by Crippen LogP contribution is 2.33. The topological polar surface area (TPSA) is 118 Å². The monoisotopic (exact) mass is 388 g/mol. The number of aromatic nitrogens is 2. The number of hydrogen-bond acceptors (Lipinski definition) is 6. The molecule has 0 saturated carbocycles. The molecule has 0 atom stereocenters. The molecular formula is C20H32N6O2. The van der Waals surface area contributed by atoms with Crippen LogP contribution in [0.2, 0.25) is 0 Å². The van der Waals surface area contributed by atoms with Gasteiger partial charge in [-0.15, -0.1) is 0 Å². The molecule has 2 aliphatic heterocycles. The zero-order valence-corrected chi connectivity index (χ0v) is 17.0. The summed E-state index contributed by atoms with van der Waals surface area (Å²) in [6, 6.07) is 0. The van der Waals surface area contributed by atoms with Crippen molar-refractivity contribution in [2.75, 3.05) is 36.0 Å². The molecule has 2 fully saturated rings. The van der Waals surface area contributed by atoms with E-state index in [0.717, 1.165) is 74.9 Å². The van der Waals surface area contributed by atoms with Crippen molar-refractivity contribution in [1.82, 2.24) is 9.97 Å². The predicted octanol–water partition coefficient (Wildman–Crippen LogP) is 1.28. The Morgan fingerprint density at radius 3 is 1.39 bits per heavy atom. The molecule has 154 valence electrons. The van der Waals surface area contributed by atoms with E-state index in [9.17, 15) is 9.59 Å². The maximum atomic E-state index is 11.2. The standard InChI is InChI=1S/C20H32N6O2/c1-13-14(2)24-20(26-9-5-16(6-10-26)12-18(22)28)19(23-13)25-7-3-15(4-8-25)11-17(21)27/h15-16H,3-12H2,1-2H3,(H2,21,27)(H2,22,28). The highest BCUT2D eigenvalue weighted by molar-refractivity contribution is 5.74. The number of amides is 2. The van der Waals surface area contributed by atoms with Crippen LogP contribution in [0, 0.1) is 25.7 Å². The van der Waals surface area contributed by atoms with Crippen LogP contribution in [0.3, 0.4) is 0 Å². The Hall–Kier alpha value is -2.38. The van der Waals surface area contributed by atoms with Gasteiger partial charge in [0.15, 0.2) is 11.6 Å². The quantitative estimate of drug-likeness (QED) is 0.758. The van der Waals surface area contributed by atoms with Gasteiger partial charge in [0.05, 0.1) is 11.4 Å². The molecule has 2 amide bonds. The van der Waals surface area contributed by atoms with Gasteiger partial charge in [-0.3, -0.25) is 9.59 Å². The minimum absolute atomic E-state index is 0.219. The van der Waals surface area contributed by atoms with Crippen molar-refractivity contribution >= 4 is 23.5 Å². The molecule has 0 radical (unpaired) electrons. The zero-order chi connectivity index (χ0) is 20.3. The number of nitrogens with two attached hydrogens (primary N) is 2. The molecule has 0 bridgehead atoms. The smallest absolute Gasteiger partial charge is 0.217 e. The van der Waals surface area contributed by atoms with Crippen LogP contribution in [-0.2, 0) is 9.59 Å². The van der Waals surface area contributed by atoms with Gasteiger partial charge < -0.3 is 21.3 Å². The maximum Gasteiger partial charge on any atom is 0.217 e. The molecule has 0 unspecified atom stereocenters. The van der Waals surface area contributed by atoms with Gasteiger partial charge in [0.1, 0.15) is 0 Å². The van der Waals surface area contributed by atoms with Crippen LogP contribution in [0.5, 0.6) is 0 Å². The summed E-state index contributed by atoms with van der Waals surface area (Å²) in [6.07, 6.45) is 4.70. The van der Waals surface area contributed by atoms with Gasteiger partial charge in [-0.05, 0) is 51.4 Å². The highest BCUT2D eigenvalue weighted by atomic mass is 16.1. The molecule has 3 heterocycles. The van der Waals surface area contributed by atoms with Gasteiger partial charge in [-0.25, -0.2) is 9.97 Å². The van der Waals surface area contributed by atoms with E-state index in [4.69, 9.17) is 21.4 Å². The lowest BCUT2D eigenvalue weighted by Crippen LogP contribution is -2.40. The lowest BCUT2D eigenvalue weighted by atomic mass is 9.92. The normalized spacial score (nSPS) is 19.1. The zero-order valence-electron chi connectivity index (χ0n) is 17.0. The van der Waals surface area contributed by atoms with E-state index < -0.39 is 0 Å². The van der Waals surface area contributed by atoms with Crippen molar-refractivity contribution in [3.05, 3.63) is 11.4 Å². The lowest BCUT2D eigenvalue weighted by molar-refractivity contribution is -0.119. The van der Waals surface area contributed by atoms with Gasteiger partial charge in [0.2, 0.25) is 11.8 Å². The Balaban J connectivity index is 1.73. The van der Waals surface area contributed by atoms with Crippen LogP contribution in [-0.4, -0.2) is 48.0 Å². The van der Waals surface area contributed by atoms with Crippen LogP contribution in [0.15, 0.2) is 0 Å². The molecule has 28 heavy (non-hydrogen) atoms. The summed E-state index contributed by atoms with van der Waals surface area (Å²) in [7, 11) is 0. The maximum absolute atomic E-state index is 11.2. The third-order valence-corrected chi connectivity index (χ3v) is 6.08. The van der Waals surface area contributed by atoms with E-state index in [1.165, 1.54) is 0 Å². The fourth-order valence-electron chi connectivity index (χ4n) is 4.27. The van der Waals surface area contributed by atoms with Gasteiger partial charge in [-0.2, -0.15) is 0 Å². The molecular weight excluding hydrogens is 356 g/mol. The molecule has 0 spiro atoms. The first-order valence-electron chi connectivity index (χ1n) is 10.2. The summed E-state index contributed by atoms with van der Waals surface area (Å²) in [4.78, 5) is 36.8. The Labute approximate surface area is 166 Å². The molecule has 2 aliphatic rings. The summed E-state index contributed by atoms with van der Waals surface area (Å²) >= 11 is 0. The number of anilines is 2. The summed E-state index contributed by atoms with van der Waals surface area (Å²) in [5, 5.41) is 0. The second-order valence-corrected chi connectivity index (χ2v) is 8.24. The minimum atomic E-state index is -0.219. The number of rotatable bonds is 6. The average Bonchev–Trinajstić information content (AvgIpc) is 2.64. The molecule has 0 aliphatic carbocycles. The van der Waals surface area contributed by atoms with Crippen LogP contribution >= 0.6 is 0 Å². The molecule has 1 aromatic rings. The Morgan fingerprint density at radius 1 is 0.786 bits per heavy atom. The Morgan fingerprint density at radius 2 is 1.11 bits per heavy atom. The van der Waals surface area contributed by atoms with E-state index in [1.54, 1.807) is 0 Å². The number of hydrogen-bond donors (Lipinski definition) is 2. The van der Waals surface area contributed by atoms with E-state index in [2.05, 4.69) is 9.80 Å². The molecule has 4 N–H and O–H groups in total. The van der Waals surface area contributed by atoms with Gasteiger partial charge in [-0.1, -0.05) is 0 Å². The van der Waals surface area contributed by atoms with Crippen molar-refractivity contribution in [3.63, 3.8) is 0 Å². The fraction of sp³-hybridized carbons (Fsp3) is 0.700. The van der Waals surface area contributed by atoms with Crippen molar-refractivity contribution < 1.29 is 9.59 Å². The van der Waals surface area contributed by atoms with Crippen molar-refractivity contribution in [1.29, 1.82) is 0 Å². The van der Waals surface area contributed by atoms with Crippen LogP contribution < -0.4 is 21.3 Å². The number of carbonyl (C=O) groups excluding carboxylic acids is 2. The molecule has 2 saturated heterocycles. The van der Waals surface area contributed by atoms with E-state index in [-0.39, 0.29) is 11.8 Å². The Bertz CT molecular complexity index is 661. The first-order valence-corrected chi connectivity index (χ1v) is 10.2. The van der Waals surface area contributed by atoms with E-state index >= 15 is 0 Å². The molecule has 0 aromatic carbocycles. The second-order valence-electron chi connectivity index (χ2n) is 8.24. The van der Waals surface area contributed by atoms with Crippen LogP contribution in [0.25, 0.3) is 0 Å². The number of carbonyl (C=O) groups is 2. The van der Waals surface area contributed by atoms with Crippen molar-refractivity contribution in [3.8, 4) is 0 Å².